The molecule has 1 saturated heterocycles. The van der Waals surface area contributed by atoms with Crippen LogP contribution in [0.1, 0.15) is 18.4 Å². The van der Waals surface area contributed by atoms with Gasteiger partial charge >= 0.3 is 6.09 Å². The maximum absolute atomic E-state index is 11.7. The Balaban J connectivity index is 1.77. The van der Waals surface area contributed by atoms with Gasteiger partial charge in [-0.2, -0.15) is 0 Å². The number of aryl methyl sites for hydroxylation is 1. The summed E-state index contributed by atoms with van der Waals surface area (Å²) < 4.78 is 5.31. The normalized spacial score (nSPS) is 20.0. The summed E-state index contributed by atoms with van der Waals surface area (Å²) in [5.74, 6) is 0.460. The number of carbonyl (C=O) groups is 1. The molecule has 1 atom stereocenters. The van der Waals surface area contributed by atoms with E-state index in [1.165, 1.54) is 6.42 Å². The van der Waals surface area contributed by atoms with E-state index in [4.69, 9.17) is 4.74 Å². The number of nitrogens with zero attached hydrogens (tertiary/aromatic N) is 1. The molecule has 19 heavy (non-hydrogen) atoms. The summed E-state index contributed by atoms with van der Waals surface area (Å²) >= 11 is 0. The first-order chi connectivity index (χ1) is 9.15. The van der Waals surface area contributed by atoms with E-state index >= 15 is 0 Å². The third-order valence-corrected chi connectivity index (χ3v) is 3.55. The molecule has 0 radical (unpaired) electrons. The molecule has 1 amide bonds. The Morgan fingerprint density at radius 3 is 3.00 bits per heavy atom. The van der Waals surface area contributed by atoms with Crippen molar-refractivity contribution in [3.63, 3.8) is 0 Å². The van der Waals surface area contributed by atoms with E-state index in [-0.39, 0.29) is 6.09 Å². The topological polar surface area (TPSA) is 41.6 Å². The largest absolute Gasteiger partial charge is 0.449 e. The summed E-state index contributed by atoms with van der Waals surface area (Å²) in [5.41, 5.74) is 1.85. The Morgan fingerprint density at radius 1 is 1.47 bits per heavy atom. The SMILES string of the molecule is Cc1ccccc1NC(=O)OCC1CCCN(C)C1. The lowest BCUT2D eigenvalue weighted by atomic mass is 10.00. The summed E-state index contributed by atoms with van der Waals surface area (Å²) in [5, 5.41) is 2.79. The number of hydrogen-bond acceptors (Lipinski definition) is 3. The molecule has 4 heteroatoms. The van der Waals surface area contributed by atoms with Gasteiger partial charge < -0.3 is 9.64 Å². The van der Waals surface area contributed by atoms with E-state index in [9.17, 15) is 4.79 Å². The lowest BCUT2D eigenvalue weighted by molar-refractivity contribution is 0.107. The van der Waals surface area contributed by atoms with Crippen molar-refractivity contribution < 1.29 is 9.53 Å². The molecule has 1 aliphatic rings. The Bertz CT molecular complexity index is 434. The van der Waals surface area contributed by atoms with Gasteiger partial charge in [0.2, 0.25) is 0 Å². The van der Waals surface area contributed by atoms with Gasteiger partial charge in [-0.1, -0.05) is 18.2 Å². The molecule has 0 bridgehead atoms. The molecule has 4 nitrogen and oxygen atoms in total. The minimum atomic E-state index is -0.359. The van der Waals surface area contributed by atoms with Crippen molar-refractivity contribution >= 4 is 11.8 Å². The van der Waals surface area contributed by atoms with E-state index in [1.807, 2.05) is 31.2 Å². The van der Waals surface area contributed by atoms with Crippen molar-refractivity contribution in [2.24, 2.45) is 5.92 Å². The number of likely N-dealkylation sites (tertiary alicyclic amines) is 1. The second kappa shape index (κ2) is 6.57. The number of hydrogen-bond donors (Lipinski definition) is 1. The van der Waals surface area contributed by atoms with Gasteiger partial charge in [0.15, 0.2) is 0 Å². The van der Waals surface area contributed by atoms with Crippen LogP contribution in [-0.4, -0.2) is 37.7 Å². The third-order valence-electron chi connectivity index (χ3n) is 3.55. The summed E-state index contributed by atoms with van der Waals surface area (Å²) in [6, 6.07) is 7.69. The molecule has 0 saturated carbocycles. The molecule has 1 N–H and O–H groups in total. The highest BCUT2D eigenvalue weighted by atomic mass is 16.5. The van der Waals surface area contributed by atoms with Crippen LogP contribution in [0.3, 0.4) is 0 Å². The van der Waals surface area contributed by atoms with Crippen LogP contribution < -0.4 is 5.32 Å². The molecule has 0 spiro atoms. The second-order valence-corrected chi connectivity index (χ2v) is 5.31. The first kappa shape index (κ1) is 13.9. The quantitative estimate of drug-likeness (QED) is 0.910. The molecule has 0 aromatic heterocycles. The highest BCUT2D eigenvalue weighted by Crippen LogP contribution is 2.16. The predicted octanol–water partition coefficient (Wildman–Crippen LogP) is 2.89. The van der Waals surface area contributed by atoms with Crippen molar-refractivity contribution in [2.75, 3.05) is 32.1 Å². The first-order valence-corrected chi connectivity index (χ1v) is 6.83. The molecule has 1 heterocycles. The van der Waals surface area contributed by atoms with E-state index in [1.54, 1.807) is 0 Å². The summed E-state index contributed by atoms with van der Waals surface area (Å²) in [6.07, 6.45) is 1.97. The fourth-order valence-electron chi connectivity index (χ4n) is 2.46. The fraction of sp³-hybridized carbons (Fsp3) is 0.533. The zero-order chi connectivity index (χ0) is 13.7. The van der Waals surface area contributed by atoms with Crippen LogP contribution in [0.5, 0.6) is 0 Å². The lowest BCUT2D eigenvalue weighted by Crippen LogP contribution is -2.35. The molecule has 2 rings (SSSR count). The number of para-hydroxylation sites is 1. The van der Waals surface area contributed by atoms with Crippen LogP contribution in [0.4, 0.5) is 10.5 Å². The monoisotopic (exact) mass is 262 g/mol. The molecule has 0 aliphatic carbocycles. The highest BCUT2D eigenvalue weighted by molar-refractivity contribution is 5.85. The highest BCUT2D eigenvalue weighted by Gasteiger charge is 2.18. The molecule has 1 aromatic rings. The van der Waals surface area contributed by atoms with Gasteiger partial charge in [0.05, 0.1) is 6.61 Å². The smallest absolute Gasteiger partial charge is 0.411 e. The van der Waals surface area contributed by atoms with Crippen LogP contribution in [0.2, 0.25) is 0 Å². The number of piperidine rings is 1. The zero-order valence-electron chi connectivity index (χ0n) is 11.7. The molecular formula is C15H22N2O2. The van der Waals surface area contributed by atoms with Gasteiger partial charge in [-0.05, 0) is 45.0 Å². The number of nitrogens with one attached hydrogen (secondary N) is 1. The minimum Gasteiger partial charge on any atom is -0.449 e. The number of amides is 1. The van der Waals surface area contributed by atoms with Crippen LogP contribution in [0.15, 0.2) is 24.3 Å². The number of carbonyl (C=O) groups excluding carboxylic acids is 1. The van der Waals surface area contributed by atoms with Gasteiger partial charge in [-0.15, -0.1) is 0 Å². The fourth-order valence-corrected chi connectivity index (χ4v) is 2.46. The number of ether oxygens (including phenoxy) is 1. The summed E-state index contributed by atoms with van der Waals surface area (Å²) in [4.78, 5) is 14.0. The van der Waals surface area contributed by atoms with E-state index in [0.29, 0.717) is 12.5 Å². The maximum Gasteiger partial charge on any atom is 0.411 e. The molecular weight excluding hydrogens is 240 g/mol. The lowest BCUT2D eigenvalue weighted by Gasteiger charge is -2.29. The van der Waals surface area contributed by atoms with Gasteiger partial charge in [0.1, 0.15) is 0 Å². The van der Waals surface area contributed by atoms with Crippen molar-refractivity contribution in [3.8, 4) is 0 Å². The average Bonchev–Trinajstić information content (AvgIpc) is 2.39. The Labute approximate surface area is 114 Å². The Hall–Kier alpha value is -1.55. The van der Waals surface area contributed by atoms with Crippen molar-refractivity contribution in [1.29, 1.82) is 0 Å². The van der Waals surface area contributed by atoms with E-state index < -0.39 is 0 Å². The van der Waals surface area contributed by atoms with Gasteiger partial charge in [0, 0.05) is 18.2 Å². The van der Waals surface area contributed by atoms with E-state index in [2.05, 4.69) is 17.3 Å². The maximum atomic E-state index is 11.7. The van der Waals surface area contributed by atoms with Crippen LogP contribution >= 0.6 is 0 Å². The molecule has 104 valence electrons. The van der Waals surface area contributed by atoms with E-state index in [0.717, 1.165) is 30.8 Å². The standard InChI is InChI=1S/C15H22N2O2/c1-12-6-3-4-8-14(12)16-15(18)19-11-13-7-5-9-17(2)10-13/h3-4,6,8,13H,5,7,9-11H2,1-2H3,(H,16,18). The Kier molecular flexibility index (Phi) is 4.80. The number of anilines is 1. The second-order valence-electron chi connectivity index (χ2n) is 5.31. The van der Waals surface area contributed by atoms with Crippen molar-refractivity contribution in [2.45, 2.75) is 19.8 Å². The van der Waals surface area contributed by atoms with Crippen molar-refractivity contribution in [1.82, 2.24) is 4.90 Å². The number of rotatable bonds is 3. The van der Waals surface area contributed by atoms with Crippen LogP contribution in [-0.2, 0) is 4.74 Å². The molecule has 1 aliphatic heterocycles. The average molecular weight is 262 g/mol. The zero-order valence-corrected chi connectivity index (χ0v) is 11.7. The van der Waals surface area contributed by atoms with Crippen LogP contribution in [0.25, 0.3) is 0 Å². The molecule has 1 aromatic carbocycles. The molecule has 1 fully saturated rings. The van der Waals surface area contributed by atoms with Crippen LogP contribution in [0, 0.1) is 12.8 Å². The minimum absolute atomic E-state index is 0.359. The summed E-state index contributed by atoms with van der Waals surface area (Å²) in [7, 11) is 2.11. The van der Waals surface area contributed by atoms with Gasteiger partial charge in [0.25, 0.3) is 0 Å². The van der Waals surface area contributed by atoms with Gasteiger partial charge in [-0.25, -0.2) is 4.79 Å². The summed E-state index contributed by atoms with van der Waals surface area (Å²) in [6.45, 7) is 4.62. The number of benzene rings is 1. The third kappa shape index (κ3) is 4.24. The first-order valence-electron chi connectivity index (χ1n) is 6.83. The molecule has 1 unspecified atom stereocenters. The van der Waals surface area contributed by atoms with Gasteiger partial charge in [-0.3, -0.25) is 5.32 Å². The Morgan fingerprint density at radius 2 is 2.26 bits per heavy atom. The predicted molar refractivity (Wildman–Crippen MR) is 76.4 cm³/mol. The van der Waals surface area contributed by atoms with Crippen molar-refractivity contribution in [3.05, 3.63) is 29.8 Å².